The number of esters is 1. The molecule has 0 aromatic heterocycles. The number of hydrogen-bond donors (Lipinski definition) is 0. The van der Waals surface area contributed by atoms with E-state index in [2.05, 4.69) is 24.3 Å². The van der Waals surface area contributed by atoms with Crippen molar-refractivity contribution in [1.82, 2.24) is 4.90 Å². The van der Waals surface area contributed by atoms with Crippen molar-refractivity contribution in [3.63, 3.8) is 0 Å². The van der Waals surface area contributed by atoms with Crippen LogP contribution in [0, 0.1) is 0 Å². The van der Waals surface area contributed by atoms with Gasteiger partial charge in [-0.15, -0.1) is 0 Å². The number of hydrogen-bond acceptors (Lipinski definition) is 3. The minimum atomic E-state index is -0.400. The molecule has 0 N–H and O–H groups in total. The Kier molecular flexibility index (Phi) is 3.78. The van der Waals surface area contributed by atoms with Crippen molar-refractivity contribution < 1.29 is 14.3 Å². The van der Waals surface area contributed by atoms with E-state index < -0.39 is 6.04 Å². The maximum atomic E-state index is 12.5. The third-order valence-electron chi connectivity index (χ3n) is 4.34. The van der Waals surface area contributed by atoms with Gasteiger partial charge >= 0.3 is 5.97 Å². The van der Waals surface area contributed by atoms with Gasteiger partial charge in [-0.2, -0.15) is 0 Å². The fraction of sp³-hybridized carbons (Fsp3) is 0.412. The van der Waals surface area contributed by atoms with Gasteiger partial charge in [0.1, 0.15) is 6.04 Å². The molecule has 1 heterocycles. The summed E-state index contributed by atoms with van der Waals surface area (Å²) >= 11 is 0. The first-order chi connectivity index (χ1) is 10.2. The predicted molar refractivity (Wildman–Crippen MR) is 79.6 cm³/mol. The van der Waals surface area contributed by atoms with E-state index in [-0.39, 0.29) is 17.8 Å². The standard InChI is InChI=1S/C17H19NO3/c1-21-17(20)15-7-4-10-18(15)16(19)11-13-9-8-12-5-2-3-6-14(12)13/h2-3,5-6,8-9,13,15H,4,7,10-11H2,1H3/t13?,15-/m0/s1. The molecule has 1 aliphatic heterocycles. The fourth-order valence-electron chi connectivity index (χ4n) is 3.25. The minimum Gasteiger partial charge on any atom is -0.467 e. The van der Waals surface area contributed by atoms with Crippen LogP contribution >= 0.6 is 0 Å². The number of rotatable bonds is 3. The number of nitrogens with zero attached hydrogens (tertiary/aromatic N) is 1. The molecule has 1 unspecified atom stereocenters. The normalized spacial score (nSPS) is 23.2. The zero-order valence-electron chi connectivity index (χ0n) is 12.1. The summed E-state index contributed by atoms with van der Waals surface area (Å²) in [4.78, 5) is 25.9. The van der Waals surface area contributed by atoms with Gasteiger partial charge in [-0.3, -0.25) is 4.79 Å². The van der Waals surface area contributed by atoms with Gasteiger partial charge in [0.15, 0.2) is 0 Å². The number of carbonyl (C=O) groups excluding carboxylic acids is 2. The molecular formula is C17H19NO3. The molecule has 1 amide bonds. The fourth-order valence-corrected chi connectivity index (χ4v) is 3.25. The first-order valence-electron chi connectivity index (χ1n) is 7.35. The number of likely N-dealkylation sites (tertiary alicyclic amines) is 1. The monoisotopic (exact) mass is 285 g/mol. The molecule has 1 aliphatic carbocycles. The molecule has 4 heteroatoms. The Balaban J connectivity index is 1.70. The number of ether oxygens (including phenoxy) is 1. The Bertz CT molecular complexity index is 593. The second kappa shape index (κ2) is 5.72. The van der Waals surface area contributed by atoms with Crippen molar-refractivity contribution in [2.24, 2.45) is 0 Å². The lowest BCUT2D eigenvalue weighted by molar-refractivity contribution is -0.151. The molecule has 2 atom stereocenters. The number of benzene rings is 1. The highest BCUT2D eigenvalue weighted by molar-refractivity contribution is 5.86. The quantitative estimate of drug-likeness (QED) is 0.801. The maximum absolute atomic E-state index is 12.5. The van der Waals surface area contributed by atoms with E-state index in [1.165, 1.54) is 18.2 Å². The number of allylic oxidation sites excluding steroid dienone is 1. The summed E-state index contributed by atoms with van der Waals surface area (Å²) in [6.45, 7) is 0.649. The van der Waals surface area contributed by atoms with Crippen molar-refractivity contribution in [3.05, 3.63) is 41.5 Å². The highest BCUT2D eigenvalue weighted by Crippen LogP contribution is 2.33. The zero-order chi connectivity index (χ0) is 14.8. The second-order valence-corrected chi connectivity index (χ2v) is 5.57. The third-order valence-corrected chi connectivity index (χ3v) is 4.34. The Labute approximate surface area is 124 Å². The van der Waals surface area contributed by atoms with E-state index in [0.717, 1.165) is 6.42 Å². The smallest absolute Gasteiger partial charge is 0.328 e. The Hall–Kier alpha value is -2.10. The molecule has 2 aliphatic rings. The van der Waals surface area contributed by atoms with Gasteiger partial charge in [0.25, 0.3) is 0 Å². The Morgan fingerprint density at radius 1 is 1.33 bits per heavy atom. The Morgan fingerprint density at radius 3 is 2.95 bits per heavy atom. The Morgan fingerprint density at radius 2 is 2.14 bits per heavy atom. The number of carbonyl (C=O) groups is 2. The lowest BCUT2D eigenvalue weighted by Gasteiger charge is -2.24. The summed E-state index contributed by atoms with van der Waals surface area (Å²) in [6, 6.07) is 7.72. The average molecular weight is 285 g/mol. The summed E-state index contributed by atoms with van der Waals surface area (Å²) in [7, 11) is 1.37. The summed E-state index contributed by atoms with van der Waals surface area (Å²) in [6.07, 6.45) is 6.12. The summed E-state index contributed by atoms with van der Waals surface area (Å²) < 4.78 is 4.79. The van der Waals surface area contributed by atoms with E-state index in [1.54, 1.807) is 4.90 Å². The van der Waals surface area contributed by atoms with E-state index in [4.69, 9.17) is 4.74 Å². The first-order valence-corrected chi connectivity index (χ1v) is 7.35. The molecule has 0 bridgehead atoms. The van der Waals surface area contributed by atoms with Crippen LogP contribution in [0.1, 0.15) is 36.3 Å². The first kappa shape index (κ1) is 13.9. The van der Waals surface area contributed by atoms with E-state index >= 15 is 0 Å². The molecule has 4 nitrogen and oxygen atoms in total. The van der Waals surface area contributed by atoms with Crippen molar-refractivity contribution in [2.45, 2.75) is 31.2 Å². The van der Waals surface area contributed by atoms with Gasteiger partial charge in [0, 0.05) is 18.9 Å². The number of fused-ring (bicyclic) bond motifs is 1. The van der Waals surface area contributed by atoms with E-state index in [0.29, 0.717) is 19.4 Å². The SMILES string of the molecule is COC(=O)[C@@H]1CCCN1C(=O)CC1C=Cc2ccccc21. The van der Waals surface area contributed by atoms with Gasteiger partial charge in [-0.1, -0.05) is 36.4 Å². The largest absolute Gasteiger partial charge is 0.467 e. The van der Waals surface area contributed by atoms with Crippen LogP contribution in [0.2, 0.25) is 0 Å². The lowest BCUT2D eigenvalue weighted by atomic mass is 9.97. The van der Waals surface area contributed by atoms with E-state index in [9.17, 15) is 9.59 Å². The summed E-state index contributed by atoms with van der Waals surface area (Å²) in [5.74, 6) is -0.148. The zero-order valence-corrected chi connectivity index (χ0v) is 12.1. The van der Waals surface area contributed by atoms with Crippen LogP contribution in [0.5, 0.6) is 0 Å². The summed E-state index contributed by atoms with van der Waals surface area (Å²) in [5.41, 5.74) is 2.38. The van der Waals surface area contributed by atoms with Crippen molar-refractivity contribution in [3.8, 4) is 0 Å². The van der Waals surface area contributed by atoms with Crippen LogP contribution in [0.4, 0.5) is 0 Å². The molecule has 0 spiro atoms. The molecule has 1 fully saturated rings. The molecule has 1 saturated heterocycles. The molecule has 0 radical (unpaired) electrons. The highest BCUT2D eigenvalue weighted by Gasteiger charge is 2.35. The van der Waals surface area contributed by atoms with Gasteiger partial charge in [0.2, 0.25) is 5.91 Å². The van der Waals surface area contributed by atoms with Crippen LogP contribution in [-0.4, -0.2) is 36.5 Å². The summed E-state index contributed by atoms with van der Waals surface area (Å²) in [5, 5.41) is 0. The van der Waals surface area contributed by atoms with Gasteiger partial charge in [0.05, 0.1) is 7.11 Å². The molecule has 21 heavy (non-hydrogen) atoms. The van der Waals surface area contributed by atoms with Gasteiger partial charge in [-0.25, -0.2) is 4.79 Å². The van der Waals surface area contributed by atoms with Gasteiger partial charge in [-0.05, 0) is 24.0 Å². The third kappa shape index (κ3) is 2.58. The maximum Gasteiger partial charge on any atom is 0.328 e. The van der Waals surface area contributed by atoms with Crippen molar-refractivity contribution in [1.29, 1.82) is 0 Å². The van der Waals surface area contributed by atoms with E-state index in [1.807, 2.05) is 12.1 Å². The minimum absolute atomic E-state index is 0.0363. The predicted octanol–water partition coefficient (Wildman–Crippen LogP) is 2.35. The lowest BCUT2D eigenvalue weighted by Crippen LogP contribution is -2.41. The number of methoxy groups -OCH3 is 1. The topological polar surface area (TPSA) is 46.6 Å². The average Bonchev–Trinajstić information content (AvgIpc) is 3.14. The highest BCUT2D eigenvalue weighted by atomic mass is 16.5. The van der Waals surface area contributed by atoms with Crippen molar-refractivity contribution >= 4 is 18.0 Å². The molecule has 3 rings (SSSR count). The van der Waals surface area contributed by atoms with Crippen LogP contribution in [0.25, 0.3) is 6.08 Å². The van der Waals surface area contributed by atoms with Gasteiger partial charge < -0.3 is 9.64 Å². The van der Waals surface area contributed by atoms with Crippen LogP contribution in [0.3, 0.4) is 0 Å². The molecule has 1 aromatic carbocycles. The molecular weight excluding hydrogens is 266 g/mol. The molecule has 110 valence electrons. The number of amides is 1. The van der Waals surface area contributed by atoms with Crippen LogP contribution in [0.15, 0.2) is 30.3 Å². The molecule has 1 aromatic rings. The van der Waals surface area contributed by atoms with Crippen LogP contribution < -0.4 is 0 Å². The van der Waals surface area contributed by atoms with Crippen LogP contribution in [-0.2, 0) is 14.3 Å². The second-order valence-electron chi connectivity index (χ2n) is 5.57. The molecule has 0 saturated carbocycles. The van der Waals surface area contributed by atoms with Crippen molar-refractivity contribution in [2.75, 3.05) is 13.7 Å².